The average molecular weight is 816 g/mol. The summed E-state index contributed by atoms with van der Waals surface area (Å²) in [6, 6.07) is 1.78. The molecule has 1 aromatic carbocycles. The minimum atomic E-state index is -1.37. The lowest BCUT2D eigenvalue weighted by Crippen LogP contribution is -2.61. The molecule has 2 aromatic heterocycles. The van der Waals surface area contributed by atoms with Crippen molar-refractivity contribution in [2.24, 2.45) is 11.7 Å². The van der Waals surface area contributed by atoms with Crippen LogP contribution in [-0.2, 0) is 28.7 Å². The number of piperidine rings is 3. The Morgan fingerprint density at radius 3 is 2.59 bits per heavy atom. The number of ether oxygens (including phenoxy) is 2. The number of imide groups is 1. The number of hydrogen-bond donors (Lipinski definition) is 4. The Hall–Kier alpha value is -5.46. The summed E-state index contributed by atoms with van der Waals surface area (Å²) in [6.45, 7) is 0.898. The van der Waals surface area contributed by atoms with Crippen molar-refractivity contribution >= 4 is 40.5 Å². The molecule has 6 heterocycles. The quantitative estimate of drug-likeness (QED) is 0.229. The first-order valence-electron chi connectivity index (χ1n) is 19.9. The summed E-state index contributed by atoms with van der Waals surface area (Å²) in [7, 11) is 1.52. The van der Waals surface area contributed by atoms with Crippen LogP contribution in [0.1, 0.15) is 81.1 Å². The van der Waals surface area contributed by atoms with Gasteiger partial charge in [-0.15, -0.1) is 0 Å². The highest BCUT2D eigenvalue weighted by molar-refractivity contribution is 6.01. The second-order valence-corrected chi connectivity index (χ2v) is 16.4. The third-order valence-corrected chi connectivity index (χ3v) is 12.5. The minimum Gasteiger partial charge on any atom is -0.501 e. The van der Waals surface area contributed by atoms with Gasteiger partial charge < -0.3 is 35.4 Å². The van der Waals surface area contributed by atoms with Crippen LogP contribution in [0, 0.1) is 17.6 Å². The Bertz CT molecular complexity index is 2210. The van der Waals surface area contributed by atoms with E-state index in [0.29, 0.717) is 80.2 Å². The number of allylic oxidation sites excluding steroid dienone is 2. The van der Waals surface area contributed by atoms with E-state index in [4.69, 9.17) is 20.2 Å². The molecule has 0 radical (unpaired) electrons. The molecule has 16 nitrogen and oxygen atoms in total. The summed E-state index contributed by atoms with van der Waals surface area (Å²) in [4.78, 5) is 74.0. The van der Waals surface area contributed by atoms with Crippen LogP contribution in [0.15, 0.2) is 54.7 Å². The Morgan fingerprint density at radius 1 is 1.10 bits per heavy atom. The number of nitrogens with one attached hydrogen (secondary N) is 2. The smallest absolute Gasteiger partial charge is 0.245 e. The fourth-order valence-electron chi connectivity index (χ4n) is 9.36. The standard InChI is InChI=1S/C41H47F2N9O7/c1-58-26-3-2-8-41(44,19-26)38(57)50-39(10-16-53)22-40(59-23-39)9-15-52(31(20-40)35-47-21-30-34(49-35)46-12-11-45-30)37(56)24-6-13-51(14-7-24)25-17-28(42)33(29(43)18-25)27-4-5-32(54)48-36(27)55/h2-3,8,11-12,17-18,21,24,27,31,53H,4-7,9-10,13-16,19-20,22-23,44H2,1H3,(H,50,57)(H,48,54,55). The van der Waals surface area contributed by atoms with Crippen LogP contribution in [0.4, 0.5) is 14.5 Å². The van der Waals surface area contributed by atoms with Gasteiger partial charge in [-0.05, 0) is 50.3 Å². The van der Waals surface area contributed by atoms with Crippen LogP contribution < -0.4 is 21.3 Å². The first kappa shape index (κ1) is 40.3. The maximum absolute atomic E-state index is 15.4. The Kier molecular flexibility index (Phi) is 10.9. The maximum Gasteiger partial charge on any atom is 0.245 e. The number of carbonyl (C=O) groups excluding carboxylic acids is 4. The lowest BCUT2D eigenvalue weighted by molar-refractivity contribution is -0.147. The van der Waals surface area contributed by atoms with Crippen LogP contribution in [0.3, 0.4) is 0 Å². The molecule has 0 bridgehead atoms. The number of aliphatic hydroxyl groups excluding tert-OH is 1. The van der Waals surface area contributed by atoms with Gasteiger partial charge in [-0.25, -0.2) is 28.7 Å². The molecule has 18 heteroatoms. The van der Waals surface area contributed by atoms with E-state index in [2.05, 4.69) is 25.6 Å². The van der Waals surface area contributed by atoms with E-state index in [9.17, 15) is 24.3 Å². The van der Waals surface area contributed by atoms with E-state index in [1.807, 2.05) is 4.90 Å². The number of aromatic nitrogens is 4. The van der Waals surface area contributed by atoms with Gasteiger partial charge in [-0.1, -0.05) is 12.2 Å². The van der Waals surface area contributed by atoms with Crippen molar-refractivity contribution in [3.05, 3.63) is 77.7 Å². The first-order chi connectivity index (χ1) is 28.3. The zero-order valence-electron chi connectivity index (χ0n) is 32.7. The van der Waals surface area contributed by atoms with Gasteiger partial charge in [0.05, 0.1) is 48.8 Å². The molecule has 4 fully saturated rings. The molecule has 0 saturated carbocycles. The zero-order valence-corrected chi connectivity index (χ0v) is 32.7. The number of hydrogen-bond acceptors (Lipinski definition) is 13. The molecule has 5 unspecified atom stereocenters. The van der Waals surface area contributed by atoms with E-state index < -0.39 is 63.9 Å². The second-order valence-electron chi connectivity index (χ2n) is 16.4. The Labute approximate surface area is 338 Å². The highest BCUT2D eigenvalue weighted by atomic mass is 19.1. The average Bonchev–Trinajstić information content (AvgIpc) is 3.57. The highest BCUT2D eigenvalue weighted by Crippen LogP contribution is 2.48. The normalized spacial score (nSPS) is 28.8. The number of benzene rings is 1. The molecule has 59 heavy (non-hydrogen) atoms. The summed E-state index contributed by atoms with van der Waals surface area (Å²) in [5.74, 6) is -4.02. The Morgan fingerprint density at radius 2 is 1.86 bits per heavy atom. The van der Waals surface area contributed by atoms with Crippen molar-refractivity contribution in [2.75, 3.05) is 44.9 Å². The molecular weight excluding hydrogens is 769 g/mol. The molecular formula is C41H47F2N9O7. The highest BCUT2D eigenvalue weighted by Gasteiger charge is 2.55. The number of rotatable bonds is 9. The van der Waals surface area contributed by atoms with Gasteiger partial charge in [0.2, 0.25) is 23.6 Å². The number of fused-ring (bicyclic) bond motifs is 1. The fourth-order valence-corrected chi connectivity index (χ4v) is 9.36. The van der Waals surface area contributed by atoms with Crippen molar-refractivity contribution < 1.29 is 42.5 Å². The molecule has 3 aromatic rings. The van der Waals surface area contributed by atoms with Gasteiger partial charge in [0.1, 0.15) is 22.7 Å². The number of nitrogens with two attached hydrogens (primary N) is 1. The van der Waals surface area contributed by atoms with Crippen molar-refractivity contribution in [2.45, 2.75) is 86.4 Å². The van der Waals surface area contributed by atoms with Gasteiger partial charge in [-0.2, -0.15) is 0 Å². The molecule has 1 spiro atoms. The third-order valence-electron chi connectivity index (χ3n) is 12.5. The number of anilines is 1. The predicted octanol–water partition coefficient (Wildman–Crippen LogP) is 2.38. The van der Waals surface area contributed by atoms with Gasteiger partial charge in [-0.3, -0.25) is 24.5 Å². The number of methoxy groups -OCH3 is 1. The van der Waals surface area contributed by atoms with Gasteiger partial charge in [0.15, 0.2) is 11.5 Å². The van der Waals surface area contributed by atoms with Crippen LogP contribution in [0.5, 0.6) is 0 Å². The van der Waals surface area contributed by atoms with Gasteiger partial charge in [0, 0.05) is 81.5 Å². The number of likely N-dealkylation sites (tertiary alicyclic amines) is 1. The van der Waals surface area contributed by atoms with E-state index in [-0.39, 0.29) is 50.4 Å². The summed E-state index contributed by atoms with van der Waals surface area (Å²) in [6.07, 6.45) is 12.0. The lowest BCUT2D eigenvalue weighted by atomic mass is 9.77. The summed E-state index contributed by atoms with van der Waals surface area (Å²) in [5, 5.41) is 15.5. The van der Waals surface area contributed by atoms with Crippen molar-refractivity contribution in [1.29, 1.82) is 0 Å². The third kappa shape index (κ3) is 7.88. The molecule has 4 amide bonds. The maximum atomic E-state index is 15.4. The second kappa shape index (κ2) is 16.0. The molecule has 5 N–H and O–H groups in total. The van der Waals surface area contributed by atoms with Crippen molar-refractivity contribution in [1.82, 2.24) is 35.5 Å². The van der Waals surface area contributed by atoms with E-state index >= 15 is 8.78 Å². The summed E-state index contributed by atoms with van der Waals surface area (Å²) >= 11 is 0. The largest absolute Gasteiger partial charge is 0.501 e. The summed E-state index contributed by atoms with van der Waals surface area (Å²) in [5.41, 5.74) is 4.26. The fraction of sp³-hybridized carbons (Fsp3) is 0.512. The van der Waals surface area contributed by atoms with Gasteiger partial charge >= 0.3 is 0 Å². The number of carbonyl (C=O) groups is 4. The van der Waals surface area contributed by atoms with Crippen LogP contribution in [0.2, 0.25) is 0 Å². The lowest BCUT2D eigenvalue weighted by Gasteiger charge is -2.46. The Balaban J connectivity index is 0.997. The summed E-state index contributed by atoms with van der Waals surface area (Å²) < 4.78 is 42.8. The molecule has 5 aliphatic rings. The monoisotopic (exact) mass is 815 g/mol. The number of amides is 4. The minimum absolute atomic E-state index is 0.00384. The predicted molar refractivity (Wildman–Crippen MR) is 207 cm³/mol. The SMILES string of the molecule is COC1=CC=CC(N)(C(=O)NC2(CCO)COC3(CCN(C(=O)C4CCN(c5cc(F)c(C6CCC(=O)NC6=O)c(F)c5)CC4)C(c4ncc5nccnc5n4)C3)C2)C1. The van der Waals surface area contributed by atoms with Crippen molar-refractivity contribution in [3.8, 4) is 0 Å². The molecule has 8 rings (SSSR count). The van der Waals surface area contributed by atoms with E-state index in [1.165, 1.54) is 25.4 Å². The molecule has 4 aliphatic heterocycles. The first-order valence-corrected chi connectivity index (χ1v) is 19.9. The van der Waals surface area contributed by atoms with Crippen molar-refractivity contribution in [3.63, 3.8) is 0 Å². The van der Waals surface area contributed by atoms with Crippen LogP contribution >= 0.6 is 0 Å². The van der Waals surface area contributed by atoms with E-state index in [1.54, 1.807) is 35.5 Å². The van der Waals surface area contributed by atoms with Gasteiger partial charge in [0.25, 0.3) is 0 Å². The topological polar surface area (TPSA) is 215 Å². The van der Waals surface area contributed by atoms with Crippen LogP contribution in [0.25, 0.3) is 11.2 Å². The number of nitrogens with zero attached hydrogens (tertiary/aromatic N) is 6. The molecule has 5 atom stereocenters. The molecule has 312 valence electrons. The number of halogens is 2. The zero-order chi connectivity index (χ0) is 41.5. The van der Waals surface area contributed by atoms with E-state index in [0.717, 1.165) is 0 Å². The molecule has 4 saturated heterocycles. The number of aliphatic hydroxyl groups is 1. The van der Waals surface area contributed by atoms with Crippen LogP contribution in [-0.4, -0.2) is 110 Å². The molecule has 1 aliphatic carbocycles.